The molecule has 0 bridgehead atoms. The first kappa shape index (κ1) is 23.3. The van der Waals surface area contributed by atoms with E-state index >= 15 is 0 Å². The minimum absolute atomic E-state index is 0.00362. The Hall–Kier alpha value is -2.89. The highest BCUT2D eigenvalue weighted by molar-refractivity contribution is 5.94. The maximum atomic E-state index is 13.1. The number of aromatic nitrogens is 1. The molecule has 1 aliphatic heterocycles. The van der Waals surface area contributed by atoms with Crippen molar-refractivity contribution in [2.75, 3.05) is 11.4 Å². The van der Waals surface area contributed by atoms with Crippen LogP contribution in [0.4, 0.5) is 10.6 Å². The van der Waals surface area contributed by atoms with Crippen molar-refractivity contribution < 1.29 is 14.3 Å². The van der Waals surface area contributed by atoms with Gasteiger partial charge in [-0.3, -0.25) is 9.69 Å². The molecule has 2 heterocycles. The maximum absolute atomic E-state index is 13.1. The number of carbonyl (C=O) groups excluding carboxylic acids is 2. The van der Waals surface area contributed by atoms with Crippen LogP contribution >= 0.6 is 0 Å². The summed E-state index contributed by atoms with van der Waals surface area (Å²) in [4.78, 5) is 34.6. The summed E-state index contributed by atoms with van der Waals surface area (Å²) in [6, 6.07) is 13.5. The van der Waals surface area contributed by atoms with Crippen molar-refractivity contribution in [3.63, 3.8) is 0 Å². The zero-order valence-corrected chi connectivity index (χ0v) is 20.0. The van der Waals surface area contributed by atoms with E-state index in [0.29, 0.717) is 11.4 Å². The van der Waals surface area contributed by atoms with Crippen LogP contribution in [0.15, 0.2) is 48.7 Å². The largest absolute Gasteiger partial charge is 0.443 e. The average molecular weight is 450 g/mol. The molecule has 0 unspecified atom stereocenters. The summed E-state index contributed by atoms with van der Waals surface area (Å²) in [7, 11) is 0. The number of rotatable bonds is 4. The van der Waals surface area contributed by atoms with Crippen molar-refractivity contribution in [3.05, 3.63) is 59.8 Å². The molecule has 1 saturated heterocycles. The van der Waals surface area contributed by atoms with E-state index in [1.165, 1.54) is 6.42 Å². The molecule has 6 heteroatoms. The third-order valence-corrected chi connectivity index (χ3v) is 6.47. The van der Waals surface area contributed by atoms with Gasteiger partial charge in [0.25, 0.3) is 5.91 Å². The van der Waals surface area contributed by atoms with Crippen molar-refractivity contribution >= 4 is 17.8 Å². The van der Waals surface area contributed by atoms with Gasteiger partial charge >= 0.3 is 6.09 Å². The summed E-state index contributed by atoms with van der Waals surface area (Å²) in [6.07, 6.45) is 8.73. The third kappa shape index (κ3) is 5.55. The number of hydrogen-bond donors (Lipinski definition) is 0. The first-order valence-electron chi connectivity index (χ1n) is 12.2. The number of likely N-dealkylation sites (tertiary alicyclic amines) is 1. The predicted octanol–water partition coefficient (Wildman–Crippen LogP) is 6.13. The molecule has 33 heavy (non-hydrogen) atoms. The Balaban J connectivity index is 1.55. The van der Waals surface area contributed by atoms with Gasteiger partial charge in [0.05, 0.1) is 6.04 Å². The number of carbonyl (C=O) groups is 2. The Morgan fingerprint density at radius 2 is 1.70 bits per heavy atom. The standard InChI is InChI=1S/C27H35N3O3/c1-27(2,3)33-26(32)30(22-13-8-5-9-14-22)24-17-16-21(19-28-24)23-15-10-18-29(23)25(31)20-11-6-4-7-12-20/h4,6-7,11-12,16-17,19,22-23H,5,8-10,13-15,18H2,1-3H3/t23-/m1/s1. The van der Waals surface area contributed by atoms with Gasteiger partial charge in [0, 0.05) is 24.3 Å². The van der Waals surface area contributed by atoms with Crippen LogP contribution < -0.4 is 4.90 Å². The molecule has 1 aromatic heterocycles. The van der Waals surface area contributed by atoms with Crippen molar-refractivity contribution in [1.29, 1.82) is 0 Å². The van der Waals surface area contributed by atoms with E-state index in [4.69, 9.17) is 9.72 Å². The van der Waals surface area contributed by atoms with Crippen molar-refractivity contribution in [1.82, 2.24) is 9.88 Å². The third-order valence-electron chi connectivity index (χ3n) is 6.47. The first-order chi connectivity index (χ1) is 15.8. The molecule has 2 fully saturated rings. The molecule has 1 aliphatic carbocycles. The topological polar surface area (TPSA) is 62.7 Å². The molecular weight excluding hydrogens is 414 g/mol. The fourth-order valence-electron chi connectivity index (χ4n) is 4.92. The Labute approximate surface area is 196 Å². The Morgan fingerprint density at radius 3 is 2.33 bits per heavy atom. The molecule has 2 aliphatic rings. The average Bonchev–Trinajstić information content (AvgIpc) is 3.29. The lowest BCUT2D eigenvalue weighted by molar-refractivity contribution is 0.0556. The lowest BCUT2D eigenvalue weighted by Gasteiger charge is -2.35. The highest BCUT2D eigenvalue weighted by Gasteiger charge is 2.33. The number of benzene rings is 1. The molecule has 0 radical (unpaired) electrons. The number of ether oxygens (including phenoxy) is 1. The van der Waals surface area contributed by atoms with Crippen LogP contribution in [0.3, 0.4) is 0 Å². The monoisotopic (exact) mass is 449 g/mol. The Bertz CT molecular complexity index is 947. The predicted molar refractivity (Wildman–Crippen MR) is 129 cm³/mol. The summed E-state index contributed by atoms with van der Waals surface area (Å²) < 4.78 is 5.73. The molecule has 176 valence electrons. The highest BCUT2D eigenvalue weighted by atomic mass is 16.6. The van der Waals surface area contributed by atoms with Gasteiger partial charge in [-0.25, -0.2) is 9.78 Å². The van der Waals surface area contributed by atoms with E-state index in [9.17, 15) is 9.59 Å². The first-order valence-corrected chi connectivity index (χ1v) is 12.2. The number of anilines is 1. The van der Waals surface area contributed by atoms with E-state index in [0.717, 1.165) is 50.6 Å². The summed E-state index contributed by atoms with van der Waals surface area (Å²) in [5.41, 5.74) is 1.15. The van der Waals surface area contributed by atoms with E-state index in [2.05, 4.69) is 0 Å². The molecule has 1 saturated carbocycles. The van der Waals surface area contributed by atoms with Gasteiger partial charge in [0.1, 0.15) is 11.4 Å². The van der Waals surface area contributed by atoms with Crippen LogP contribution in [-0.2, 0) is 4.74 Å². The lowest BCUT2D eigenvalue weighted by atomic mass is 9.94. The minimum atomic E-state index is -0.563. The molecular formula is C27H35N3O3. The molecule has 0 spiro atoms. The van der Waals surface area contributed by atoms with Crippen molar-refractivity contribution in [2.45, 2.75) is 83.4 Å². The van der Waals surface area contributed by atoms with Crippen LogP contribution in [0, 0.1) is 0 Å². The fourth-order valence-corrected chi connectivity index (χ4v) is 4.92. The van der Waals surface area contributed by atoms with Gasteiger partial charge < -0.3 is 9.64 Å². The summed E-state index contributed by atoms with van der Waals surface area (Å²) in [5.74, 6) is 0.679. The summed E-state index contributed by atoms with van der Waals surface area (Å²) >= 11 is 0. The lowest BCUT2D eigenvalue weighted by Crippen LogP contribution is -2.45. The molecule has 4 rings (SSSR count). The molecule has 1 aromatic carbocycles. The van der Waals surface area contributed by atoms with E-state index in [-0.39, 0.29) is 24.1 Å². The van der Waals surface area contributed by atoms with Crippen LogP contribution in [0.1, 0.15) is 87.7 Å². The number of pyridine rings is 1. The van der Waals surface area contributed by atoms with E-state index in [1.54, 1.807) is 4.90 Å². The normalized spacial score (nSPS) is 19.4. The Kier molecular flexibility index (Phi) is 7.01. The van der Waals surface area contributed by atoms with Gasteiger partial charge in [-0.1, -0.05) is 43.5 Å². The highest BCUT2D eigenvalue weighted by Crippen LogP contribution is 2.34. The Morgan fingerprint density at radius 1 is 0.970 bits per heavy atom. The molecule has 2 amide bonds. The van der Waals surface area contributed by atoms with Crippen LogP contribution in [-0.4, -0.2) is 40.1 Å². The molecule has 1 atom stereocenters. The fraction of sp³-hybridized carbons (Fsp3) is 0.519. The number of amides is 2. The SMILES string of the molecule is CC(C)(C)OC(=O)N(c1ccc([C@H]2CCCN2C(=O)c2ccccc2)cn1)C1CCCCC1. The van der Waals surface area contributed by atoms with Gasteiger partial charge in [0.15, 0.2) is 0 Å². The van der Waals surface area contributed by atoms with E-state index in [1.807, 2.05) is 74.3 Å². The number of nitrogens with zero attached hydrogens (tertiary/aromatic N) is 3. The summed E-state index contributed by atoms with van der Waals surface area (Å²) in [5, 5.41) is 0. The second kappa shape index (κ2) is 9.94. The van der Waals surface area contributed by atoms with Gasteiger partial charge in [0.2, 0.25) is 0 Å². The van der Waals surface area contributed by atoms with Gasteiger partial charge in [-0.15, -0.1) is 0 Å². The van der Waals surface area contributed by atoms with Gasteiger partial charge in [-0.2, -0.15) is 0 Å². The quantitative estimate of drug-likeness (QED) is 0.563. The second-order valence-electron chi connectivity index (χ2n) is 10.1. The maximum Gasteiger partial charge on any atom is 0.416 e. The molecule has 0 N–H and O–H groups in total. The zero-order valence-electron chi connectivity index (χ0n) is 20.0. The van der Waals surface area contributed by atoms with E-state index < -0.39 is 5.60 Å². The molecule has 6 nitrogen and oxygen atoms in total. The summed E-state index contributed by atoms with van der Waals surface area (Å²) in [6.45, 7) is 6.41. The zero-order chi connectivity index (χ0) is 23.4. The van der Waals surface area contributed by atoms with Crippen molar-refractivity contribution in [2.24, 2.45) is 0 Å². The number of hydrogen-bond acceptors (Lipinski definition) is 4. The van der Waals surface area contributed by atoms with Gasteiger partial charge in [-0.05, 0) is 70.2 Å². The van der Waals surface area contributed by atoms with Crippen molar-refractivity contribution in [3.8, 4) is 0 Å². The van der Waals surface area contributed by atoms with Crippen LogP contribution in [0.2, 0.25) is 0 Å². The molecule has 2 aromatic rings. The van der Waals surface area contributed by atoms with Crippen LogP contribution in [0.25, 0.3) is 0 Å². The smallest absolute Gasteiger partial charge is 0.416 e. The minimum Gasteiger partial charge on any atom is -0.443 e. The van der Waals surface area contributed by atoms with Crippen LogP contribution in [0.5, 0.6) is 0 Å². The second-order valence-corrected chi connectivity index (χ2v) is 10.1.